The summed E-state index contributed by atoms with van der Waals surface area (Å²) in [6.45, 7) is -1.54. The highest BCUT2D eigenvalue weighted by molar-refractivity contribution is 7.13. The van der Waals surface area contributed by atoms with E-state index >= 15 is 0 Å². The molecule has 0 saturated carbocycles. The number of thiophene rings is 1. The number of carbonyl (C=O) groups excluding carboxylic acids is 1. The molecule has 120 valence electrons. The van der Waals surface area contributed by atoms with Crippen LogP contribution in [0.3, 0.4) is 0 Å². The average Bonchev–Trinajstić information content (AvgIpc) is 3.16. The molecule has 6 nitrogen and oxygen atoms in total. The van der Waals surface area contributed by atoms with Crippen LogP contribution in [0.25, 0.3) is 10.7 Å². The molecule has 0 spiro atoms. The highest BCUT2D eigenvalue weighted by Gasteiger charge is 2.26. The number of hydrogen-bond donors (Lipinski definition) is 2. The maximum Gasteiger partial charge on any atom is 0.277 e. The molecule has 0 saturated heterocycles. The highest BCUT2D eigenvalue weighted by Crippen LogP contribution is 2.21. The van der Waals surface area contributed by atoms with Crippen molar-refractivity contribution in [3.8, 4) is 10.7 Å². The Bertz CT molecular complexity index is 601. The molecule has 0 fully saturated rings. The fraction of sp³-hybridized carbons (Fsp3) is 0.462. The van der Waals surface area contributed by atoms with Gasteiger partial charge in [-0.25, -0.2) is 8.78 Å². The molecule has 2 heterocycles. The molecule has 2 rings (SSSR count). The van der Waals surface area contributed by atoms with Gasteiger partial charge in [-0.05, 0) is 17.9 Å². The summed E-state index contributed by atoms with van der Waals surface area (Å²) in [6.07, 6.45) is 0.961. The molecule has 0 aliphatic rings. The Morgan fingerprint density at radius 3 is 3.00 bits per heavy atom. The Morgan fingerprint density at radius 2 is 2.32 bits per heavy atom. The third-order valence-corrected chi connectivity index (χ3v) is 3.71. The first-order chi connectivity index (χ1) is 10.5. The molecule has 2 aromatic rings. The number of alkyl halides is 2. The summed E-state index contributed by atoms with van der Waals surface area (Å²) < 4.78 is 30.8. The van der Waals surface area contributed by atoms with Crippen molar-refractivity contribution in [2.24, 2.45) is 5.73 Å². The molecule has 0 unspecified atom stereocenters. The Labute approximate surface area is 129 Å². The van der Waals surface area contributed by atoms with E-state index in [9.17, 15) is 13.6 Å². The van der Waals surface area contributed by atoms with E-state index in [1.165, 1.54) is 11.3 Å². The normalized spacial score (nSPS) is 11.6. The van der Waals surface area contributed by atoms with E-state index in [4.69, 9.17) is 10.3 Å². The first kappa shape index (κ1) is 16.5. The van der Waals surface area contributed by atoms with Gasteiger partial charge in [-0.2, -0.15) is 4.98 Å². The molecule has 0 aliphatic heterocycles. The van der Waals surface area contributed by atoms with Crippen LogP contribution in [0.1, 0.15) is 18.7 Å². The van der Waals surface area contributed by atoms with Crippen molar-refractivity contribution in [2.45, 2.75) is 25.2 Å². The van der Waals surface area contributed by atoms with E-state index in [1.54, 1.807) is 0 Å². The lowest BCUT2D eigenvalue weighted by Crippen LogP contribution is -2.41. The van der Waals surface area contributed by atoms with Gasteiger partial charge in [0.15, 0.2) is 0 Å². The van der Waals surface area contributed by atoms with E-state index < -0.39 is 24.9 Å². The van der Waals surface area contributed by atoms with Crippen LogP contribution < -0.4 is 11.1 Å². The predicted octanol–water partition coefficient (Wildman–Crippen LogP) is 1.83. The molecular weight excluding hydrogens is 314 g/mol. The summed E-state index contributed by atoms with van der Waals surface area (Å²) in [4.78, 5) is 16.5. The summed E-state index contributed by atoms with van der Waals surface area (Å²) in [6, 6.07) is 3.77. The molecule has 0 atom stereocenters. The van der Waals surface area contributed by atoms with Crippen molar-refractivity contribution >= 4 is 17.2 Å². The molecule has 22 heavy (non-hydrogen) atoms. The largest absolute Gasteiger partial charge is 0.350 e. The van der Waals surface area contributed by atoms with E-state index in [0.29, 0.717) is 24.6 Å². The van der Waals surface area contributed by atoms with Crippen LogP contribution in [-0.2, 0) is 11.2 Å². The molecule has 3 N–H and O–H groups in total. The number of hydrogen-bond acceptors (Lipinski definition) is 6. The minimum absolute atomic E-state index is 0.108. The quantitative estimate of drug-likeness (QED) is 0.770. The maximum absolute atomic E-state index is 12.9. The minimum Gasteiger partial charge on any atom is -0.350 e. The number of aromatic nitrogens is 2. The molecule has 1 amide bonds. The Morgan fingerprint density at radius 1 is 1.50 bits per heavy atom. The number of aryl methyl sites for hydroxylation is 1. The summed E-state index contributed by atoms with van der Waals surface area (Å²) in [7, 11) is 0. The Hall–Kier alpha value is -1.87. The zero-order valence-corrected chi connectivity index (χ0v) is 12.5. The molecule has 0 aliphatic carbocycles. The Balaban J connectivity index is 1.71. The molecule has 0 bridgehead atoms. The standard InChI is InChI=1S/C13H16F2N4O2S/c14-13(15,7-16)8-17-10(20)4-1-5-11-18-12(19-21-11)9-3-2-6-22-9/h2-3,6H,1,4-5,7-8,16H2,(H,17,20). The molecule has 0 aromatic carbocycles. The zero-order chi connectivity index (χ0) is 16.0. The number of carbonyl (C=O) groups is 1. The van der Waals surface area contributed by atoms with Crippen molar-refractivity contribution in [2.75, 3.05) is 13.1 Å². The SMILES string of the molecule is NCC(F)(F)CNC(=O)CCCc1nc(-c2cccs2)no1. The van der Waals surface area contributed by atoms with Crippen molar-refractivity contribution in [1.82, 2.24) is 15.5 Å². The topological polar surface area (TPSA) is 94.0 Å². The minimum atomic E-state index is -3.07. The van der Waals surface area contributed by atoms with Crippen molar-refractivity contribution < 1.29 is 18.1 Å². The number of amides is 1. The van der Waals surface area contributed by atoms with Crippen LogP contribution in [-0.4, -0.2) is 35.1 Å². The lowest BCUT2D eigenvalue weighted by atomic mass is 10.2. The van der Waals surface area contributed by atoms with Gasteiger partial charge in [0.2, 0.25) is 17.6 Å². The number of nitrogens with one attached hydrogen (secondary N) is 1. The van der Waals surface area contributed by atoms with Crippen LogP contribution in [0.5, 0.6) is 0 Å². The van der Waals surface area contributed by atoms with Crippen LogP contribution in [0, 0.1) is 0 Å². The first-order valence-corrected chi connectivity index (χ1v) is 7.59. The van der Waals surface area contributed by atoms with Gasteiger partial charge < -0.3 is 15.6 Å². The summed E-state index contributed by atoms with van der Waals surface area (Å²) in [5, 5.41) is 7.91. The van der Waals surface area contributed by atoms with Crippen LogP contribution in [0.15, 0.2) is 22.0 Å². The fourth-order valence-electron chi connectivity index (χ4n) is 1.65. The van der Waals surface area contributed by atoms with Crippen molar-refractivity contribution in [3.63, 3.8) is 0 Å². The van der Waals surface area contributed by atoms with Gasteiger partial charge in [-0.3, -0.25) is 4.79 Å². The van der Waals surface area contributed by atoms with E-state index in [0.717, 1.165) is 4.88 Å². The van der Waals surface area contributed by atoms with Gasteiger partial charge in [-0.1, -0.05) is 11.2 Å². The van der Waals surface area contributed by atoms with E-state index in [2.05, 4.69) is 15.5 Å². The van der Waals surface area contributed by atoms with Gasteiger partial charge >= 0.3 is 0 Å². The predicted molar refractivity (Wildman–Crippen MR) is 77.6 cm³/mol. The van der Waals surface area contributed by atoms with Crippen LogP contribution in [0.2, 0.25) is 0 Å². The summed E-state index contributed by atoms with van der Waals surface area (Å²) >= 11 is 1.50. The van der Waals surface area contributed by atoms with Crippen LogP contribution in [0.4, 0.5) is 8.78 Å². The highest BCUT2D eigenvalue weighted by atomic mass is 32.1. The zero-order valence-electron chi connectivity index (χ0n) is 11.7. The second-order valence-corrected chi connectivity index (χ2v) is 5.63. The van der Waals surface area contributed by atoms with Crippen molar-refractivity contribution in [1.29, 1.82) is 0 Å². The third kappa shape index (κ3) is 4.85. The van der Waals surface area contributed by atoms with Gasteiger partial charge in [0, 0.05) is 12.8 Å². The lowest BCUT2D eigenvalue weighted by Gasteiger charge is -2.14. The number of halogens is 2. The Kier molecular flexibility index (Phi) is 5.56. The fourth-order valence-corrected chi connectivity index (χ4v) is 2.30. The second kappa shape index (κ2) is 7.41. The molecule has 9 heteroatoms. The molecule has 2 aromatic heterocycles. The number of nitrogens with two attached hydrogens (primary N) is 1. The third-order valence-electron chi connectivity index (χ3n) is 2.85. The monoisotopic (exact) mass is 330 g/mol. The maximum atomic E-state index is 12.9. The summed E-state index contributed by atoms with van der Waals surface area (Å²) in [5.41, 5.74) is 4.88. The van der Waals surface area contributed by atoms with Gasteiger partial charge in [0.1, 0.15) is 0 Å². The van der Waals surface area contributed by atoms with Crippen LogP contribution >= 0.6 is 11.3 Å². The second-order valence-electron chi connectivity index (χ2n) is 4.68. The van der Waals surface area contributed by atoms with Gasteiger partial charge in [0.05, 0.1) is 18.0 Å². The molecular formula is C13H16F2N4O2S. The number of nitrogens with zero attached hydrogens (tertiary/aromatic N) is 2. The average molecular weight is 330 g/mol. The number of rotatable bonds is 8. The van der Waals surface area contributed by atoms with Crippen molar-refractivity contribution in [3.05, 3.63) is 23.4 Å². The van der Waals surface area contributed by atoms with E-state index in [1.807, 2.05) is 17.5 Å². The van der Waals surface area contributed by atoms with E-state index in [-0.39, 0.29) is 6.42 Å². The van der Waals surface area contributed by atoms with Gasteiger partial charge in [-0.15, -0.1) is 11.3 Å². The lowest BCUT2D eigenvalue weighted by molar-refractivity contribution is -0.123. The smallest absolute Gasteiger partial charge is 0.277 e. The summed E-state index contributed by atoms with van der Waals surface area (Å²) in [5.74, 6) is -2.59. The molecule has 0 radical (unpaired) electrons. The first-order valence-electron chi connectivity index (χ1n) is 6.71. The van der Waals surface area contributed by atoms with Gasteiger partial charge in [0.25, 0.3) is 5.92 Å².